The van der Waals surface area contributed by atoms with E-state index < -0.39 is 15.4 Å². The van der Waals surface area contributed by atoms with Gasteiger partial charge in [0.05, 0.1) is 16.1 Å². The van der Waals surface area contributed by atoms with Crippen molar-refractivity contribution in [2.45, 2.75) is 69.0 Å². The normalized spacial score (nSPS) is 39.8. The Kier molecular flexibility index (Phi) is 3.15. The highest BCUT2D eigenvalue weighted by atomic mass is 32.2. The van der Waals surface area contributed by atoms with Crippen LogP contribution in [0.2, 0.25) is 0 Å². The van der Waals surface area contributed by atoms with Crippen molar-refractivity contribution < 1.29 is 13.5 Å². The molecule has 4 heteroatoms. The molecule has 0 aromatic heterocycles. The van der Waals surface area contributed by atoms with Gasteiger partial charge in [-0.15, -0.1) is 0 Å². The van der Waals surface area contributed by atoms with Crippen LogP contribution in [0.1, 0.15) is 52.9 Å². The smallest absolute Gasteiger partial charge is 0.156 e. The van der Waals surface area contributed by atoms with Gasteiger partial charge in [0.2, 0.25) is 0 Å². The van der Waals surface area contributed by atoms with Gasteiger partial charge in [0.1, 0.15) is 0 Å². The number of hydrogen-bond donors (Lipinski definition) is 1. The molecule has 2 aliphatic heterocycles. The number of sulfone groups is 1. The zero-order valence-electron chi connectivity index (χ0n) is 10.9. The van der Waals surface area contributed by atoms with Crippen molar-refractivity contribution in [2.75, 3.05) is 0 Å². The van der Waals surface area contributed by atoms with Crippen LogP contribution >= 0.6 is 0 Å². The summed E-state index contributed by atoms with van der Waals surface area (Å²) in [6, 6.07) is 0. The molecule has 17 heavy (non-hydrogen) atoms. The predicted octanol–water partition coefficient (Wildman–Crippen LogP) is 2.20. The molecule has 2 bridgehead atoms. The molecule has 2 heterocycles. The molecule has 0 radical (unpaired) electrons. The molecule has 0 aromatic rings. The number of rotatable bonds is 1. The van der Waals surface area contributed by atoms with Gasteiger partial charge >= 0.3 is 0 Å². The second-order valence-corrected chi connectivity index (χ2v) is 8.34. The van der Waals surface area contributed by atoms with E-state index in [0.29, 0.717) is 12.8 Å². The van der Waals surface area contributed by atoms with Gasteiger partial charge in [-0.1, -0.05) is 12.0 Å². The molecule has 98 valence electrons. The van der Waals surface area contributed by atoms with Gasteiger partial charge in [0.25, 0.3) is 0 Å². The van der Waals surface area contributed by atoms with Crippen molar-refractivity contribution in [3.63, 3.8) is 0 Å². The molecule has 0 amide bonds. The van der Waals surface area contributed by atoms with Crippen LogP contribution in [0.5, 0.6) is 0 Å². The fourth-order valence-electron chi connectivity index (χ4n) is 3.22. The Morgan fingerprint density at radius 3 is 2.00 bits per heavy atom. The molecule has 0 aliphatic carbocycles. The van der Waals surface area contributed by atoms with Crippen molar-refractivity contribution in [1.82, 2.24) is 0 Å². The Morgan fingerprint density at radius 2 is 1.59 bits per heavy atom. The maximum absolute atomic E-state index is 12.1. The third-order valence-corrected chi connectivity index (χ3v) is 7.22. The first-order valence-electron chi connectivity index (χ1n) is 6.37. The minimum absolute atomic E-state index is 0.325. The lowest BCUT2D eigenvalue weighted by atomic mass is 9.79. The van der Waals surface area contributed by atoms with Crippen LogP contribution < -0.4 is 0 Å². The summed E-state index contributed by atoms with van der Waals surface area (Å²) in [7, 11) is -2.98. The van der Waals surface area contributed by atoms with E-state index in [1.165, 1.54) is 0 Å². The first-order chi connectivity index (χ1) is 7.77. The highest BCUT2D eigenvalue weighted by molar-refractivity contribution is 7.92. The van der Waals surface area contributed by atoms with E-state index in [4.69, 9.17) is 0 Å². The molecule has 2 rings (SSSR count). The van der Waals surface area contributed by atoms with E-state index >= 15 is 0 Å². The van der Waals surface area contributed by atoms with E-state index in [9.17, 15) is 13.5 Å². The average Bonchev–Trinajstić information content (AvgIpc) is 2.19. The molecule has 2 unspecified atom stereocenters. The van der Waals surface area contributed by atoms with E-state index in [2.05, 4.69) is 0 Å². The fraction of sp³-hybridized carbons (Fsp3) is 0.846. The highest BCUT2D eigenvalue weighted by Gasteiger charge is 2.50. The third-order valence-electron chi connectivity index (χ3n) is 4.56. The van der Waals surface area contributed by atoms with Gasteiger partial charge in [0, 0.05) is 0 Å². The number of aliphatic hydroxyl groups is 1. The Balaban J connectivity index is 2.37. The van der Waals surface area contributed by atoms with Crippen molar-refractivity contribution in [3.8, 4) is 0 Å². The molecule has 3 nitrogen and oxygen atoms in total. The van der Waals surface area contributed by atoms with Crippen LogP contribution in [0.25, 0.3) is 0 Å². The largest absolute Gasteiger partial charge is 0.385 e. The number of hydrogen-bond acceptors (Lipinski definition) is 3. The highest BCUT2D eigenvalue weighted by Crippen LogP contribution is 2.44. The van der Waals surface area contributed by atoms with E-state index in [1.54, 1.807) is 0 Å². The summed E-state index contributed by atoms with van der Waals surface area (Å²) in [6.07, 6.45) is 3.21. The molecular formula is C13H22O3S. The van der Waals surface area contributed by atoms with Crippen molar-refractivity contribution in [3.05, 3.63) is 11.1 Å². The standard InChI is InChI=1S/C13H22O3S/c1-9(2)10(3)13(14)7-11-5-4-6-12(8-13)17(11,15)16/h11-12,14H,4-8H2,1-3H3. The van der Waals surface area contributed by atoms with Crippen LogP contribution in [-0.4, -0.2) is 29.6 Å². The zero-order valence-corrected chi connectivity index (χ0v) is 11.7. The summed E-state index contributed by atoms with van der Waals surface area (Å²) in [5.41, 5.74) is 1.18. The van der Waals surface area contributed by atoms with Gasteiger partial charge < -0.3 is 5.11 Å². The lowest BCUT2D eigenvalue weighted by Crippen LogP contribution is -2.52. The number of allylic oxidation sites excluding steroid dienone is 1. The molecule has 2 fully saturated rings. The quantitative estimate of drug-likeness (QED) is 0.734. The van der Waals surface area contributed by atoms with Gasteiger partial charge in [-0.05, 0) is 52.0 Å². The van der Waals surface area contributed by atoms with Crippen LogP contribution in [0.4, 0.5) is 0 Å². The average molecular weight is 258 g/mol. The second kappa shape index (κ2) is 4.09. The van der Waals surface area contributed by atoms with Crippen molar-refractivity contribution >= 4 is 9.84 Å². The third kappa shape index (κ3) is 2.06. The minimum atomic E-state index is -2.98. The van der Waals surface area contributed by atoms with E-state index in [0.717, 1.165) is 30.4 Å². The van der Waals surface area contributed by atoms with E-state index in [-0.39, 0.29) is 10.5 Å². The molecular weight excluding hydrogens is 236 g/mol. The molecule has 0 aromatic carbocycles. The van der Waals surface area contributed by atoms with Crippen molar-refractivity contribution in [2.24, 2.45) is 0 Å². The molecule has 0 saturated carbocycles. The Hall–Kier alpha value is -0.350. The molecule has 0 spiro atoms. The molecule has 1 N–H and O–H groups in total. The minimum Gasteiger partial charge on any atom is -0.385 e. The summed E-state index contributed by atoms with van der Waals surface area (Å²) in [6.45, 7) is 5.89. The summed E-state index contributed by atoms with van der Waals surface area (Å²) in [4.78, 5) is 0. The topological polar surface area (TPSA) is 54.4 Å². The SMILES string of the molecule is CC(C)=C(C)C1(O)CC2CCCC(C1)S2(=O)=O. The maximum Gasteiger partial charge on any atom is 0.156 e. The van der Waals surface area contributed by atoms with Gasteiger partial charge in [-0.3, -0.25) is 0 Å². The van der Waals surface area contributed by atoms with Crippen LogP contribution in [0.15, 0.2) is 11.1 Å². The van der Waals surface area contributed by atoms with Crippen LogP contribution in [0, 0.1) is 0 Å². The van der Waals surface area contributed by atoms with Gasteiger partial charge in [-0.2, -0.15) is 0 Å². The van der Waals surface area contributed by atoms with Gasteiger partial charge in [0.15, 0.2) is 9.84 Å². The molecule has 2 atom stereocenters. The predicted molar refractivity (Wildman–Crippen MR) is 68.6 cm³/mol. The Bertz CT molecular complexity index is 423. The number of fused-ring (bicyclic) bond motifs is 2. The van der Waals surface area contributed by atoms with Crippen molar-refractivity contribution in [1.29, 1.82) is 0 Å². The summed E-state index contributed by atoms with van der Waals surface area (Å²) < 4.78 is 24.3. The Morgan fingerprint density at radius 1 is 1.12 bits per heavy atom. The lowest BCUT2D eigenvalue weighted by molar-refractivity contribution is 0.0440. The summed E-state index contributed by atoms with van der Waals surface area (Å²) >= 11 is 0. The second-order valence-electron chi connectivity index (χ2n) is 5.83. The summed E-state index contributed by atoms with van der Waals surface area (Å²) in [5, 5.41) is 10.1. The summed E-state index contributed by atoms with van der Waals surface area (Å²) in [5.74, 6) is 0. The molecule has 2 aliphatic rings. The van der Waals surface area contributed by atoms with Gasteiger partial charge in [-0.25, -0.2) is 8.42 Å². The first kappa shape index (κ1) is 13.1. The molecule has 2 saturated heterocycles. The lowest BCUT2D eigenvalue weighted by Gasteiger charge is -2.44. The first-order valence-corrected chi connectivity index (χ1v) is 7.98. The van der Waals surface area contributed by atoms with E-state index in [1.807, 2.05) is 20.8 Å². The monoisotopic (exact) mass is 258 g/mol. The maximum atomic E-state index is 12.1. The Labute approximate surface area is 104 Å². The fourth-order valence-corrected chi connectivity index (χ4v) is 5.77. The van der Waals surface area contributed by atoms with Crippen LogP contribution in [0.3, 0.4) is 0 Å². The van der Waals surface area contributed by atoms with Crippen LogP contribution in [-0.2, 0) is 9.84 Å². The zero-order chi connectivity index (χ0) is 12.8.